The van der Waals surface area contributed by atoms with Crippen molar-refractivity contribution in [1.82, 2.24) is 19.3 Å². The van der Waals surface area contributed by atoms with Gasteiger partial charge in [0.25, 0.3) is 0 Å². The average molecular weight is 402 g/mol. The predicted molar refractivity (Wildman–Crippen MR) is 108 cm³/mol. The number of carbonyl (C=O) groups is 1. The molecular formula is C20H23FN4O2S. The zero-order valence-corrected chi connectivity index (χ0v) is 17.0. The van der Waals surface area contributed by atoms with Gasteiger partial charge in [-0.2, -0.15) is 0 Å². The number of halogens is 1. The molecule has 0 radical (unpaired) electrons. The van der Waals surface area contributed by atoms with Crippen LogP contribution in [0.1, 0.15) is 40.7 Å². The number of Topliss-reactive ketones (excluding diaryl/α,β-unsaturated/α-hetero) is 1. The smallest absolute Gasteiger partial charge is 0.343 e. The third-order valence-electron chi connectivity index (χ3n) is 4.63. The van der Waals surface area contributed by atoms with E-state index in [1.807, 2.05) is 31.4 Å². The van der Waals surface area contributed by atoms with Crippen molar-refractivity contribution in [2.75, 3.05) is 5.75 Å². The Morgan fingerprint density at radius 1 is 1.21 bits per heavy atom. The number of rotatable bonds is 8. The summed E-state index contributed by atoms with van der Waals surface area (Å²) in [6.45, 7) is 6.99. The molecule has 1 N–H and O–H groups in total. The highest BCUT2D eigenvalue weighted by Gasteiger charge is 2.18. The van der Waals surface area contributed by atoms with Gasteiger partial charge in [0.1, 0.15) is 5.82 Å². The first-order valence-corrected chi connectivity index (χ1v) is 10.1. The molecule has 148 valence electrons. The molecule has 8 heteroatoms. The van der Waals surface area contributed by atoms with Gasteiger partial charge in [0, 0.05) is 30.0 Å². The number of nitrogens with one attached hydrogen (secondary N) is 1. The van der Waals surface area contributed by atoms with Gasteiger partial charge in [-0.1, -0.05) is 30.8 Å². The largest absolute Gasteiger partial charge is 0.344 e. The maximum atomic E-state index is 13.1. The van der Waals surface area contributed by atoms with E-state index < -0.39 is 0 Å². The highest BCUT2D eigenvalue weighted by molar-refractivity contribution is 7.99. The van der Waals surface area contributed by atoms with Gasteiger partial charge >= 0.3 is 5.69 Å². The zero-order chi connectivity index (χ0) is 20.3. The maximum absolute atomic E-state index is 13.1. The summed E-state index contributed by atoms with van der Waals surface area (Å²) in [5.41, 5.74) is 3.22. The van der Waals surface area contributed by atoms with Crippen LogP contribution in [-0.4, -0.2) is 30.9 Å². The second-order valence-corrected chi connectivity index (χ2v) is 7.61. The van der Waals surface area contributed by atoms with Crippen LogP contribution in [0.5, 0.6) is 0 Å². The maximum Gasteiger partial charge on any atom is 0.343 e. The summed E-state index contributed by atoms with van der Waals surface area (Å²) < 4.78 is 16.7. The van der Waals surface area contributed by atoms with Gasteiger partial charge in [-0.3, -0.25) is 9.36 Å². The highest BCUT2D eigenvalue weighted by atomic mass is 32.2. The van der Waals surface area contributed by atoms with Crippen molar-refractivity contribution in [3.63, 3.8) is 0 Å². The summed E-state index contributed by atoms with van der Waals surface area (Å²) in [4.78, 5) is 24.5. The molecule has 0 amide bonds. The number of nitrogens with zero attached hydrogens (tertiary/aromatic N) is 3. The molecule has 3 rings (SSSR count). The lowest BCUT2D eigenvalue weighted by atomic mass is 10.2. The van der Waals surface area contributed by atoms with Crippen molar-refractivity contribution in [1.29, 1.82) is 0 Å². The summed E-state index contributed by atoms with van der Waals surface area (Å²) in [5, 5.41) is 6.97. The van der Waals surface area contributed by atoms with Gasteiger partial charge < -0.3 is 4.57 Å². The lowest BCUT2D eigenvalue weighted by Crippen LogP contribution is -2.17. The summed E-state index contributed by atoms with van der Waals surface area (Å²) in [6.07, 6.45) is 0.811. The molecule has 2 heterocycles. The Bertz CT molecular complexity index is 1030. The van der Waals surface area contributed by atoms with Crippen LogP contribution < -0.4 is 5.69 Å². The molecule has 28 heavy (non-hydrogen) atoms. The molecule has 6 nitrogen and oxygen atoms in total. The Morgan fingerprint density at radius 2 is 1.93 bits per heavy atom. The van der Waals surface area contributed by atoms with E-state index in [4.69, 9.17) is 0 Å². The Balaban J connectivity index is 1.74. The molecule has 0 fully saturated rings. The molecule has 0 saturated heterocycles. The SMILES string of the molecule is CCCn1c(SCC(=O)c2cc(C)n(Cc3ccc(F)cc3)c2C)n[nH]c1=O. The third kappa shape index (κ3) is 4.27. The number of thioether (sulfide) groups is 1. The Morgan fingerprint density at radius 3 is 2.61 bits per heavy atom. The Labute approximate surface area is 166 Å². The lowest BCUT2D eigenvalue weighted by Gasteiger charge is -2.10. The molecule has 0 aliphatic heterocycles. The van der Waals surface area contributed by atoms with Crippen molar-refractivity contribution in [2.45, 2.75) is 45.4 Å². The molecule has 0 aliphatic carbocycles. The third-order valence-corrected chi connectivity index (χ3v) is 5.61. The minimum Gasteiger partial charge on any atom is -0.344 e. The molecular weight excluding hydrogens is 379 g/mol. The summed E-state index contributed by atoms with van der Waals surface area (Å²) in [7, 11) is 0. The van der Waals surface area contributed by atoms with Crippen molar-refractivity contribution < 1.29 is 9.18 Å². The molecule has 0 aliphatic rings. The molecule has 2 aromatic heterocycles. The number of aryl methyl sites for hydroxylation is 1. The Hall–Kier alpha value is -2.61. The highest BCUT2D eigenvalue weighted by Crippen LogP contribution is 2.21. The summed E-state index contributed by atoms with van der Waals surface area (Å²) >= 11 is 1.26. The van der Waals surface area contributed by atoms with E-state index in [9.17, 15) is 14.0 Å². The van der Waals surface area contributed by atoms with Crippen molar-refractivity contribution in [3.8, 4) is 0 Å². The normalized spacial score (nSPS) is 11.1. The van der Waals surface area contributed by atoms with Crippen molar-refractivity contribution in [2.24, 2.45) is 0 Å². The number of benzene rings is 1. The predicted octanol–water partition coefficient (Wildman–Crippen LogP) is 3.56. The van der Waals surface area contributed by atoms with Crippen LogP contribution in [0.15, 0.2) is 40.3 Å². The topological polar surface area (TPSA) is 72.7 Å². The van der Waals surface area contributed by atoms with E-state index in [1.54, 1.807) is 16.7 Å². The molecule has 1 aromatic carbocycles. The minimum atomic E-state index is -0.266. The van der Waals surface area contributed by atoms with Gasteiger partial charge in [-0.05, 0) is 44.0 Å². The van der Waals surface area contributed by atoms with E-state index >= 15 is 0 Å². The number of carbonyl (C=O) groups excluding carboxylic acids is 1. The molecule has 0 unspecified atom stereocenters. The molecule has 0 atom stereocenters. The first-order valence-electron chi connectivity index (χ1n) is 9.13. The van der Waals surface area contributed by atoms with E-state index in [2.05, 4.69) is 10.2 Å². The van der Waals surface area contributed by atoms with Gasteiger partial charge in [-0.15, -0.1) is 5.10 Å². The molecule has 0 bridgehead atoms. The van der Waals surface area contributed by atoms with Crippen molar-refractivity contribution >= 4 is 17.5 Å². The van der Waals surface area contributed by atoms with Crippen LogP contribution in [-0.2, 0) is 13.1 Å². The van der Waals surface area contributed by atoms with E-state index in [-0.39, 0.29) is 23.0 Å². The first kappa shape index (κ1) is 20.1. The van der Waals surface area contributed by atoms with Crippen molar-refractivity contribution in [3.05, 3.63) is 69.1 Å². The standard InChI is InChI=1S/C20H23FN4O2S/c1-4-9-24-19(27)22-23-20(24)28-12-18(26)17-10-13(2)25(14(17)3)11-15-5-7-16(21)8-6-15/h5-8,10H,4,9,11-12H2,1-3H3,(H,22,27). The number of hydrogen-bond acceptors (Lipinski definition) is 4. The van der Waals surface area contributed by atoms with Crippen LogP contribution in [0.4, 0.5) is 4.39 Å². The second-order valence-electron chi connectivity index (χ2n) is 6.67. The quantitative estimate of drug-likeness (QED) is 0.462. The van der Waals surface area contributed by atoms with Gasteiger partial charge in [0.2, 0.25) is 0 Å². The minimum absolute atomic E-state index is 0.0121. The van der Waals surface area contributed by atoms with Crippen LogP contribution >= 0.6 is 11.8 Å². The number of aromatic amines is 1. The van der Waals surface area contributed by atoms with Gasteiger partial charge in [0.15, 0.2) is 10.9 Å². The summed E-state index contributed by atoms with van der Waals surface area (Å²) in [6, 6.07) is 8.25. The van der Waals surface area contributed by atoms with E-state index in [0.717, 1.165) is 23.4 Å². The Kier molecular flexibility index (Phi) is 6.18. The van der Waals surface area contributed by atoms with Crippen LogP contribution in [0, 0.1) is 19.7 Å². The number of H-pyrrole nitrogens is 1. The molecule has 0 saturated carbocycles. The fraction of sp³-hybridized carbons (Fsp3) is 0.350. The fourth-order valence-corrected chi connectivity index (χ4v) is 4.00. The average Bonchev–Trinajstić information content (AvgIpc) is 3.16. The second kappa shape index (κ2) is 8.60. The van der Waals surface area contributed by atoms with Crippen LogP contribution in [0.2, 0.25) is 0 Å². The number of aromatic nitrogens is 4. The van der Waals surface area contributed by atoms with Gasteiger partial charge in [0.05, 0.1) is 5.75 Å². The summed E-state index contributed by atoms with van der Waals surface area (Å²) in [5.74, 6) is -0.0751. The molecule has 0 spiro atoms. The first-order chi connectivity index (χ1) is 13.4. The molecule has 3 aromatic rings. The van der Waals surface area contributed by atoms with Crippen LogP contribution in [0.3, 0.4) is 0 Å². The van der Waals surface area contributed by atoms with Crippen LogP contribution in [0.25, 0.3) is 0 Å². The number of ketones is 1. The van der Waals surface area contributed by atoms with E-state index in [0.29, 0.717) is 23.8 Å². The van der Waals surface area contributed by atoms with E-state index in [1.165, 1.54) is 23.9 Å². The fourth-order valence-electron chi connectivity index (χ4n) is 3.14. The van der Waals surface area contributed by atoms with Gasteiger partial charge in [-0.25, -0.2) is 14.3 Å². The monoisotopic (exact) mass is 402 g/mol. The number of hydrogen-bond donors (Lipinski definition) is 1. The lowest BCUT2D eigenvalue weighted by molar-refractivity contribution is 0.102. The zero-order valence-electron chi connectivity index (χ0n) is 16.2.